The Balaban J connectivity index is 1.54. The van der Waals surface area contributed by atoms with Crippen LogP contribution in [-0.4, -0.2) is 55.9 Å². The van der Waals surface area contributed by atoms with Crippen LogP contribution < -0.4 is 10.0 Å². The van der Waals surface area contributed by atoms with Crippen molar-refractivity contribution < 1.29 is 18.0 Å². The molecule has 0 bridgehead atoms. The minimum absolute atomic E-state index is 0.0634. The third-order valence-corrected chi connectivity index (χ3v) is 7.43. The van der Waals surface area contributed by atoms with Gasteiger partial charge in [-0.3, -0.25) is 9.59 Å². The van der Waals surface area contributed by atoms with Gasteiger partial charge in [0, 0.05) is 24.4 Å². The van der Waals surface area contributed by atoms with Gasteiger partial charge in [-0.2, -0.15) is 0 Å². The molecule has 30 heavy (non-hydrogen) atoms. The van der Waals surface area contributed by atoms with Gasteiger partial charge in [0.15, 0.2) is 0 Å². The van der Waals surface area contributed by atoms with E-state index in [-0.39, 0.29) is 29.8 Å². The number of carbonyl (C=O) groups excluding carboxylic acids is 2. The number of carbonyl (C=O) groups is 2. The van der Waals surface area contributed by atoms with Crippen molar-refractivity contribution in [3.63, 3.8) is 0 Å². The SMILES string of the molecule is Cc1ccc(C)c(S(=O)(=O)NCCNC(=O)[C@@H]2CSCN2C(=O)c2ccccc2)c1. The van der Waals surface area contributed by atoms with Crippen molar-refractivity contribution in [2.24, 2.45) is 0 Å². The molecule has 1 aliphatic heterocycles. The number of nitrogens with zero attached hydrogens (tertiary/aromatic N) is 1. The highest BCUT2D eigenvalue weighted by atomic mass is 32.2. The molecule has 9 heteroatoms. The van der Waals surface area contributed by atoms with Gasteiger partial charge < -0.3 is 10.2 Å². The van der Waals surface area contributed by atoms with Crippen LogP contribution in [-0.2, 0) is 14.8 Å². The fourth-order valence-electron chi connectivity index (χ4n) is 3.17. The van der Waals surface area contributed by atoms with Crippen molar-refractivity contribution in [1.82, 2.24) is 14.9 Å². The summed E-state index contributed by atoms with van der Waals surface area (Å²) >= 11 is 1.52. The molecular weight excluding hydrogens is 422 g/mol. The minimum Gasteiger partial charge on any atom is -0.353 e. The van der Waals surface area contributed by atoms with Gasteiger partial charge in [-0.25, -0.2) is 13.1 Å². The minimum atomic E-state index is -3.66. The Morgan fingerprint density at radius 3 is 2.57 bits per heavy atom. The maximum atomic E-state index is 12.7. The topological polar surface area (TPSA) is 95.6 Å². The van der Waals surface area contributed by atoms with Crippen LogP contribution in [0.15, 0.2) is 53.4 Å². The van der Waals surface area contributed by atoms with Gasteiger partial charge in [-0.05, 0) is 43.2 Å². The molecule has 2 N–H and O–H groups in total. The first kappa shape index (κ1) is 22.3. The molecule has 2 amide bonds. The molecule has 0 saturated carbocycles. The number of benzene rings is 2. The summed E-state index contributed by atoms with van der Waals surface area (Å²) in [6.07, 6.45) is 0. The zero-order valence-electron chi connectivity index (χ0n) is 16.9. The van der Waals surface area contributed by atoms with Crippen LogP contribution in [0.5, 0.6) is 0 Å². The number of thioether (sulfide) groups is 1. The summed E-state index contributed by atoms with van der Waals surface area (Å²) in [5.74, 6) is 0.496. The number of aryl methyl sites for hydroxylation is 2. The second-order valence-corrected chi connectivity index (χ2v) is 9.85. The zero-order chi connectivity index (χ0) is 21.7. The van der Waals surface area contributed by atoms with E-state index in [9.17, 15) is 18.0 Å². The summed E-state index contributed by atoms with van der Waals surface area (Å²) in [7, 11) is -3.66. The smallest absolute Gasteiger partial charge is 0.255 e. The van der Waals surface area contributed by atoms with E-state index >= 15 is 0 Å². The second kappa shape index (κ2) is 9.63. The lowest BCUT2D eigenvalue weighted by Gasteiger charge is -2.23. The molecule has 1 heterocycles. The Hall–Kier alpha value is -2.36. The van der Waals surface area contributed by atoms with E-state index in [1.807, 2.05) is 19.1 Å². The van der Waals surface area contributed by atoms with Crippen LogP contribution in [0.1, 0.15) is 21.5 Å². The zero-order valence-corrected chi connectivity index (χ0v) is 18.6. The van der Waals surface area contributed by atoms with E-state index in [1.54, 1.807) is 48.2 Å². The number of hydrogen-bond acceptors (Lipinski definition) is 5. The number of nitrogens with one attached hydrogen (secondary N) is 2. The van der Waals surface area contributed by atoms with Gasteiger partial charge >= 0.3 is 0 Å². The summed E-state index contributed by atoms with van der Waals surface area (Å²) in [6.45, 7) is 3.78. The summed E-state index contributed by atoms with van der Waals surface area (Å²) < 4.78 is 27.6. The Morgan fingerprint density at radius 2 is 1.83 bits per heavy atom. The van der Waals surface area contributed by atoms with Crippen LogP contribution in [0.25, 0.3) is 0 Å². The quantitative estimate of drug-likeness (QED) is 0.632. The van der Waals surface area contributed by atoms with Crippen molar-refractivity contribution in [2.45, 2.75) is 24.8 Å². The van der Waals surface area contributed by atoms with Gasteiger partial charge in [0.25, 0.3) is 5.91 Å². The van der Waals surface area contributed by atoms with Crippen molar-refractivity contribution in [3.8, 4) is 0 Å². The first-order chi connectivity index (χ1) is 14.3. The Bertz CT molecular complexity index is 1030. The Morgan fingerprint density at radius 1 is 1.10 bits per heavy atom. The van der Waals surface area contributed by atoms with Gasteiger partial charge in [0.2, 0.25) is 15.9 Å². The molecule has 1 fully saturated rings. The summed E-state index contributed by atoms with van der Waals surface area (Å²) in [4.78, 5) is 27.1. The van der Waals surface area contributed by atoms with Crippen LogP contribution in [0.3, 0.4) is 0 Å². The molecule has 2 aromatic carbocycles. The van der Waals surface area contributed by atoms with Crippen molar-refractivity contribution in [1.29, 1.82) is 0 Å². The molecule has 1 atom stereocenters. The van der Waals surface area contributed by atoms with Crippen LogP contribution >= 0.6 is 11.8 Å². The standard InChI is InChI=1S/C21H25N3O4S2/c1-15-8-9-16(2)19(12-15)30(27,28)23-11-10-22-20(25)18-13-29-14-24(18)21(26)17-6-4-3-5-7-17/h3-9,12,18,23H,10-11,13-14H2,1-2H3,(H,22,25)/t18-/m0/s1. The fourth-order valence-corrected chi connectivity index (χ4v) is 5.68. The molecule has 3 rings (SSSR count). The number of amides is 2. The fraction of sp³-hybridized carbons (Fsp3) is 0.333. The third kappa shape index (κ3) is 5.21. The van der Waals surface area contributed by atoms with Crippen molar-refractivity contribution in [2.75, 3.05) is 24.7 Å². The molecule has 160 valence electrons. The van der Waals surface area contributed by atoms with E-state index in [2.05, 4.69) is 10.0 Å². The van der Waals surface area contributed by atoms with Gasteiger partial charge in [0.05, 0.1) is 10.8 Å². The Labute approximate surface area is 181 Å². The number of rotatable bonds is 7. The molecule has 0 aromatic heterocycles. The summed E-state index contributed by atoms with van der Waals surface area (Å²) in [6, 6.07) is 13.5. The molecule has 0 spiro atoms. The van der Waals surface area contributed by atoms with Crippen LogP contribution in [0.4, 0.5) is 0 Å². The van der Waals surface area contributed by atoms with Crippen molar-refractivity contribution in [3.05, 3.63) is 65.2 Å². The average Bonchev–Trinajstić information content (AvgIpc) is 3.23. The van der Waals surface area contributed by atoms with E-state index in [1.165, 1.54) is 11.8 Å². The highest BCUT2D eigenvalue weighted by Crippen LogP contribution is 2.23. The van der Waals surface area contributed by atoms with Gasteiger partial charge in [-0.1, -0.05) is 30.3 Å². The second-order valence-electron chi connectivity index (χ2n) is 7.11. The summed E-state index contributed by atoms with van der Waals surface area (Å²) in [5.41, 5.74) is 2.06. The van der Waals surface area contributed by atoms with E-state index < -0.39 is 16.1 Å². The molecule has 1 aliphatic rings. The van der Waals surface area contributed by atoms with Gasteiger partial charge in [0.1, 0.15) is 6.04 Å². The highest BCUT2D eigenvalue weighted by molar-refractivity contribution is 7.99. The van der Waals surface area contributed by atoms with E-state index in [0.29, 0.717) is 22.8 Å². The lowest BCUT2D eigenvalue weighted by molar-refractivity contribution is -0.124. The Kier molecular flexibility index (Phi) is 7.17. The molecule has 2 aromatic rings. The molecule has 1 saturated heterocycles. The first-order valence-electron chi connectivity index (χ1n) is 9.58. The maximum absolute atomic E-state index is 12.7. The van der Waals surface area contributed by atoms with E-state index in [0.717, 1.165) is 5.56 Å². The highest BCUT2D eigenvalue weighted by Gasteiger charge is 2.34. The lowest BCUT2D eigenvalue weighted by Crippen LogP contribution is -2.48. The number of hydrogen-bond donors (Lipinski definition) is 2. The normalized spacial score (nSPS) is 16.5. The monoisotopic (exact) mass is 447 g/mol. The number of sulfonamides is 1. The van der Waals surface area contributed by atoms with Crippen molar-refractivity contribution >= 4 is 33.6 Å². The van der Waals surface area contributed by atoms with Gasteiger partial charge in [-0.15, -0.1) is 11.8 Å². The first-order valence-corrected chi connectivity index (χ1v) is 12.2. The largest absolute Gasteiger partial charge is 0.353 e. The predicted molar refractivity (Wildman–Crippen MR) is 118 cm³/mol. The summed E-state index contributed by atoms with van der Waals surface area (Å²) in [5, 5.41) is 2.74. The maximum Gasteiger partial charge on any atom is 0.255 e. The average molecular weight is 448 g/mol. The van der Waals surface area contributed by atoms with Crippen LogP contribution in [0.2, 0.25) is 0 Å². The molecule has 7 nitrogen and oxygen atoms in total. The molecule has 0 aliphatic carbocycles. The van der Waals surface area contributed by atoms with E-state index in [4.69, 9.17) is 0 Å². The third-order valence-electron chi connectivity index (χ3n) is 4.82. The van der Waals surface area contributed by atoms with Crippen LogP contribution in [0, 0.1) is 13.8 Å². The molecule has 0 radical (unpaired) electrons. The molecule has 0 unspecified atom stereocenters. The lowest BCUT2D eigenvalue weighted by atomic mass is 10.1. The molecular formula is C21H25N3O4S2. The predicted octanol–water partition coefficient (Wildman–Crippen LogP) is 1.91.